The fraction of sp³-hybridized carbons (Fsp3) is 0.615. The Morgan fingerprint density at radius 3 is 2.94 bits per heavy atom. The molecule has 0 radical (unpaired) electrons. The van der Waals surface area contributed by atoms with Crippen molar-refractivity contribution in [3.63, 3.8) is 0 Å². The summed E-state index contributed by atoms with van der Waals surface area (Å²) in [4.78, 5) is 4.05. The Hall–Kier alpha value is -0.390. The number of rotatable bonds is 4. The number of hydrogen-bond acceptors (Lipinski definition) is 5. The number of likely N-dealkylation sites (N-methyl/N-ethyl adjacent to an activating group) is 1. The van der Waals surface area contributed by atoms with Crippen molar-refractivity contribution in [1.29, 1.82) is 0 Å². The van der Waals surface area contributed by atoms with Crippen molar-refractivity contribution in [3.05, 3.63) is 23.9 Å². The summed E-state index contributed by atoms with van der Waals surface area (Å²) in [5, 5.41) is 4.85. The van der Waals surface area contributed by atoms with Gasteiger partial charge in [0.1, 0.15) is 5.82 Å². The largest absolute Gasteiger partial charge is 0.384 e. The first kappa shape index (κ1) is 14.0. The molecule has 2 rings (SSSR count). The molecule has 0 bridgehead atoms. The summed E-state index contributed by atoms with van der Waals surface area (Å²) < 4.78 is 0. The minimum Gasteiger partial charge on any atom is -0.384 e. The molecule has 0 amide bonds. The molecule has 1 aromatic heterocycles. The molecule has 1 aliphatic rings. The average molecular weight is 283 g/mol. The van der Waals surface area contributed by atoms with Crippen LogP contribution in [0, 0.1) is 0 Å². The monoisotopic (exact) mass is 283 g/mol. The molecule has 2 heterocycles. The predicted molar refractivity (Wildman–Crippen MR) is 83.4 cm³/mol. The molecular formula is C13H21N3S2. The Labute approximate surface area is 118 Å². The van der Waals surface area contributed by atoms with Crippen molar-refractivity contribution in [2.24, 2.45) is 0 Å². The van der Waals surface area contributed by atoms with Crippen LogP contribution in [0.3, 0.4) is 0 Å². The highest BCUT2D eigenvalue weighted by Crippen LogP contribution is 2.33. The zero-order valence-electron chi connectivity index (χ0n) is 10.9. The van der Waals surface area contributed by atoms with Crippen molar-refractivity contribution in [2.45, 2.75) is 29.9 Å². The van der Waals surface area contributed by atoms with Gasteiger partial charge in [-0.15, -0.1) is 0 Å². The second kappa shape index (κ2) is 6.68. The van der Waals surface area contributed by atoms with E-state index in [-0.39, 0.29) is 0 Å². The molecule has 0 saturated carbocycles. The smallest absolute Gasteiger partial charge is 0.123 e. The molecule has 1 saturated heterocycles. The van der Waals surface area contributed by atoms with E-state index in [1.807, 2.05) is 6.07 Å². The summed E-state index contributed by atoms with van der Waals surface area (Å²) in [6.07, 6.45) is 2.81. The van der Waals surface area contributed by atoms with Crippen LogP contribution in [0.1, 0.15) is 12.5 Å². The minimum atomic E-state index is 0.500. The molecule has 1 fully saturated rings. The van der Waals surface area contributed by atoms with Crippen LogP contribution >= 0.6 is 23.5 Å². The standard InChI is InChI=1S/C13H21N3S2/c1-9-13(18-6-5-17-9)11(15-2)7-10-3-4-16-12(14)8-10/h3-4,8-9,11,13,15H,5-7H2,1-2H3,(H2,14,16). The molecule has 3 unspecified atom stereocenters. The minimum absolute atomic E-state index is 0.500. The Morgan fingerprint density at radius 2 is 2.28 bits per heavy atom. The van der Waals surface area contributed by atoms with Gasteiger partial charge in [0, 0.05) is 34.2 Å². The van der Waals surface area contributed by atoms with Crippen LogP contribution in [0.25, 0.3) is 0 Å². The van der Waals surface area contributed by atoms with E-state index in [1.165, 1.54) is 17.1 Å². The molecule has 0 spiro atoms. The van der Waals surface area contributed by atoms with E-state index in [9.17, 15) is 0 Å². The lowest BCUT2D eigenvalue weighted by atomic mass is 10.0. The molecular weight excluding hydrogens is 262 g/mol. The van der Waals surface area contributed by atoms with Gasteiger partial charge in [0.2, 0.25) is 0 Å². The van der Waals surface area contributed by atoms with Crippen LogP contribution in [0.5, 0.6) is 0 Å². The molecule has 3 nitrogen and oxygen atoms in total. The van der Waals surface area contributed by atoms with E-state index in [0.717, 1.165) is 6.42 Å². The molecule has 3 N–H and O–H groups in total. The van der Waals surface area contributed by atoms with Gasteiger partial charge in [-0.05, 0) is 31.2 Å². The highest BCUT2D eigenvalue weighted by atomic mass is 32.2. The van der Waals surface area contributed by atoms with Gasteiger partial charge in [0.05, 0.1) is 0 Å². The van der Waals surface area contributed by atoms with Crippen LogP contribution in [-0.2, 0) is 6.42 Å². The van der Waals surface area contributed by atoms with Gasteiger partial charge in [-0.25, -0.2) is 4.98 Å². The van der Waals surface area contributed by atoms with Crippen molar-refractivity contribution in [3.8, 4) is 0 Å². The molecule has 0 aliphatic carbocycles. The van der Waals surface area contributed by atoms with Crippen LogP contribution in [0.15, 0.2) is 18.3 Å². The summed E-state index contributed by atoms with van der Waals surface area (Å²) in [6.45, 7) is 2.34. The zero-order chi connectivity index (χ0) is 13.0. The summed E-state index contributed by atoms with van der Waals surface area (Å²) in [7, 11) is 2.06. The van der Waals surface area contributed by atoms with E-state index in [0.29, 0.717) is 22.4 Å². The number of pyridine rings is 1. The van der Waals surface area contributed by atoms with Gasteiger partial charge in [0.15, 0.2) is 0 Å². The summed E-state index contributed by atoms with van der Waals surface area (Å²) in [5.41, 5.74) is 7.01. The number of aromatic nitrogens is 1. The third-order valence-electron chi connectivity index (χ3n) is 3.31. The zero-order valence-corrected chi connectivity index (χ0v) is 12.6. The first-order valence-corrected chi connectivity index (χ1v) is 8.41. The first-order chi connectivity index (χ1) is 8.70. The van der Waals surface area contributed by atoms with E-state index >= 15 is 0 Å². The molecule has 100 valence electrons. The van der Waals surface area contributed by atoms with Crippen molar-refractivity contribution < 1.29 is 0 Å². The first-order valence-electron chi connectivity index (χ1n) is 6.31. The van der Waals surface area contributed by atoms with Gasteiger partial charge in [-0.1, -0.05) is 6.92 Å². The van der Waals surface area contributed by atoms with E-state index in [4.69, 9.17) is 5.73 Å². The molecule has 3 atom stereocenters. The maximum Gasteiger partial charge on any atom is 0.123 e. The van der Waals surface area contributed by atoms with E-state index in [2.05, 4.69) is 53.9 Å². The topological polar surface area (TPSA) is 50.9 Å². The third-order valence-corrected chi connectivity index (χ3v) is 6.56. The summed E-state index contributed by atoms with van der Waals surface area (Å²) in [6, 6.07) is 4.54. The highest BCUT2D eigenvalue weighted by Gasteiger charge is 2.29. The lowest BCUT2D eigenvalue weighted by Gasteiger charge is -2.34. The Bertz CT molecular complexity index is 386. The van der Waals surface area contributed by atoms with Crippen molar-refractivity contribution in [1.82, 2.24) is 10.3 Å². The average Bonchev–Trinajstić information content (AvgIpc) is 2.37. The fourth-order valence-corrected chi connectivity index (χ4v) is 5.35. The molecule has 0 aromatic carbocycles. The van der Waals surface area contributed by atoms with Crippen molar-refractivity contribution >= 4 is 29.3 Å². The number of thioether (sulfide) groups is 2. The molecule has 1 aromatic rings. The quantitative estimate of drug-likeness (QED) is 0.885. The highest BCUT2D eigenvalue weighted by molar-refractivity contribution is 8.07. The van der Waals surface area contributed by atoms with Gasteiger partial charge in [-0.3, -0.25) is 0 Å². The number of nitrogens with zero attached hydrogens (tertiary/aromatic N) is 1. The Kier molecular flexibility index (Phi) is 5.21. The Balaban J connectivity index is 2.04. The van der Waals surface area contributed by atoms with Crippen molar-refractivity contribution in [2.75, 3.05) is 24.3 Å². The number of anilines is 1. The Morgan fingerprint density at radius 1 is 1.50 bits per heavy atom. The lowest BCUT2D eigenvalue weighted by molar-refractivity contribution is 0.531. The lowest BCUT2D eigenvalue weighted by Crippen LogP contribution is -2.44. The molecule has 18 heavy (non-hydrogen) atoms. The van der Waals surface area contributed by atoms with Crippen LogP contribution < -0.4 is 11.1 Å². The molecule has 5 heteroatoms. The normalized spacial score (nSPS) is 25.9. The maximum absolute atomic E-state index is 5.74. The summed E-state index contributed by atoms with van der Waals surface area (Å²) in [5.74, 6) is 3.15. The van der Waals surface area contributed by atoms with Crippen LogP contribution in [-0.4, -0.2) is 40.1 Å². The third kappa shape index (κ3) is 3.56. The fourth-order valence-electron chi connectivity index (χ4n) is 2.35. The number of nitrogens with one attached hydrogen (secondary N) is 1. The number of nitrogens with two attached hydrogens (primary N) is 1. The van der Waals surface area contributed by atoms with Gasteiger partial charge >= 0.3 is 0 Å². The maximum atomic E-state index is 5.74. The number of hydrogen-bond donors (Lipinski definition) is 2. The van der Waals surface area contributed by atoms with Crippen LogP contribution in [0.2, 0.25) is 0 Å². The predicted octanol–water partition coefficient (Wildman–Crippen LogP) is 2.03. The summed E-state index contributed by atoms with van der Waals surface area (Å²) >= 11 is 4.18. The van der Waals surface area contributed by atoms with Gasteiger partial charge < -0.3 is 11.1 Å². The van der Waals surface area contributed by atoms with Gasteiger partial charge in [-0.2, -0.15) is 23.5 Å². The van der Waals surface area contributed by atoms with E-state index < -0.39 is 0 Å². The van der Waals surface area contributed by atoms with E-state index in [1.54, 1.807) is 6.20 Å². The molecule has 1 aliphatic heterocycles. The van der Waals surface area contributed by atoms with Crippen LogP contribution in [0.4, 0.5) is 5.82 Å². The second-order valence-corrected chi connectivity index (χ2v) is 7.37. The SMILES string of the molecule is CNC(Cc1ccnc(N)c1)C1SCCSC1C. The number of nitrogen functional groups attached to an aromatic ring is 1. The van der Waals surface area contributed by atoms with Gasteiger partial charge in [0.25, 0.3) is 0 Å². The second-order valence-electron chi connectivity index (χ2n) is 4.60.